The van der Waals surface area contributed by atoms with Crippen LogP contribution in [0, 0.1) is 11.6 Å². The molecule has 4 aromatic rings. The smallest absolute Gasteiger partial charge is 0.269 e. The van der Waals surface area contributed by atoms with Crippen LogP contribution in [-0.2, 0) is 0 Å². The predicted octanol–water partition coefficient (Wildman–Crippen LogP) is 3.52. The maximum Gasteiger partial charge on any atom is 0.269 e. The zero-order valence-electron chi connectivity index (χ0n) is 14.3. The molecule has 0 fully saturated rings. The second-order valence-electron chi connectivity index (χ2n) is 6.58. The van der Waals surface area contributed by atoms with Gasteiger partial charge in [-0.25, -0.2) is 8.78 Å². The molecule has 0 radical (unpaired) electrons. The molecule has 2 aromatic heterocycles. The molecule has 28 heavy (non-hydrogen) atoms. The van der Waals surface area contributed by atoms with E-state index < -0.39 is 23.6 Å². The average Bonchev–Trinajstić information content (AvgIpc) is 3.02. The van der Waals surface area contributed by atoms with Gasteiger partial charge in [-0.2, -0.15) is 0 Å². The fourth-order valence-corrected chi connectivity index (χ4v) is 3.76. The van der Waals surface area contributed by atoms with Gasteiger partial charge in [0.1, 0.15) is 11.6 Å². The number of nitrogens with one attached hydrogen (secondary N) is 2. The summed E-state index contributed by atoms with van der Waals surface area (Å²) in [6.07, 6.45) is 1.69. The Bertz CT molecular complexity index is 1250. The first-order chi connectivity index (χ1) is 13.5. The lowest BCUT2D eigenvalue weighted by atomic mass is 9.95. The van der Waals surface area contributed by atoms with E-state index in [-0.39, 0.29) is 5.69 Å². The number of hydrogen-bond donors (Lipinski definition) is 3. The third-order valence-corrected chi connectivity index (χ3v) is 4.89. The molecule has 1 aliphatic heterocycles. The Labute approximate surface area is 157 Å². The molecule has 1 aliphatic rings. The first-order valence-electron chi connectivity index (χ1n) is 8.52. The minimum atomic E-state index is -0.707. The number of anilines is 1. The first kappa shape index (κ1) is 16.4. The number of halogens is 2. The molecule has 1 amide bonds. The number of nitrogens with zero attached hydrogens (tertiary/aromatic N) is 2. The number of nitrogens with two attached hydrogens (primary N) is 1. The molecule has 3 heterocycles. The summed E-state index contributed by atoms with van der Waals surface area (Å²) in [5.74, 6) is -2.05. The lowest BCUT2D eigenvalue weighted by Crippen LogP contribution is -2.15. The number of amides is 1. The van der Waals surface area contributed by atoms with Crippen LogP contribution in [0.4, 0.5) is 14.5 Å². The molecule has 0 bridgehead atoms. The number of fused-ring (bicyclic) bond motifs is 2. The molecule has 6 nitrogen and oxygen atoms in total. The molecule has 2 aromatic carbocycles. The molecule has 138 valence electrons. The lowest BCUT2D eigenvalue weighted by molar-refractivity contribution is 0.0995. The third kappa shape index (κ3) is 2.34. The van der Waals surface area contributed by atoms with E-state index in [0.717, 1.165) is 6.07 Å². The van der Waals surface area contributed by atoms with Crippen molar-refractivity contribution in [1.29, 1.82) is 0 Å². The Hall–Kier alpha value is -3.81. The van der Waals surface area contributed by atoms with Gasteiger partial charge in [-0.05, 0) is 23.8 Å². The van der Waals surface area contributed by atoms with Gasteiger partial charge in [-0.15, -0.1) is 10.2 Å². The zero-order valence-corrected chi connectivity index (χ0v) is 14.3. The number of primary amides is 1. The van der Waals surface area contributed by atoms with E-state index in [4.69, 9.17) is 5.73 Å². The van der Waals surface area contributed by atoms with Gasteiger partial charge in [0.05, 0.1) is 6.04 Å². The van der Waals surface area contributed by atoms with Crippen LogP contribution in [0.25, 0.3) is 22.2 Å². The molecule has 4 N–H and O–H groups in total. The van der Waals surface area contributed by atoms with E-state index >= 15 is 0 Å². The van der Waals surface area contributed by atoms with E-state index in [1.807, 2.05) is 24.3 Å². The van der Waals surface area contributed by atoms with Crippen molar-refractivity contribution < 1.29 is 13.6 Å². The summed E-state index contributed by atoms with van der Waals surface area (Å²) in [5.41, 5.74) is 9.05. The molecule has 0 saturated heterocycles. The number of rotatable bonds is 2. The van der Waals surface area contributed by atoms with Gasteiger partial charge in [-0.3, -0.25) is 4.79 Å². The summed E-state index contributed by atoms with van der Waals surface area (Å²) < 4.78 is 27.8. The SMILES string of the molecule is NC(=O)c1nnc2[nH]cc3c2c1-c1ccccc1NC3c1cc(F)cc(F)c1. The Morgan fingerprint density at radius 3 is 2.57 bits per heavy atom. The lowest BCUT2D eigenvalue weighted by Gasteiger charge is -2.19. The highest BCUT2D eigenvalue weighted by molar-refractivity contribution is 6.10. The van der Waals surface area contributed by atoms with Crippen LogP contribution < -0.4 is 11.1 Å². The molecule has 0 aliphatic carbocycles. The average molecular weight is 377 g/mol. The summed E-state index contributed by atoms with van der Waals surface area (Å²) in [4.78, 5) is 15.1. The van der Waals surface area contributed by atoms with Crippen molar-refractivity contribution in [3.05, 3.63) is 77.1 Å². The van der Waals surface area contributed by atoms with Crippen LogP contribution in [0.3, 0.4) is 0 Å². The number of hydrogen-bond acceptors (Lipinski definition) is 4. The number of aromatic nitrogens is 3. The normalized spacial score (nSPS) is 15.0. The number of aromatic amines is 1. The summed E-state index contributed by atoms with van der Waals surface area (Å²) in [6, 6.07) is 10.1. The second kappa shape index (κ2) is 5.85. The maximum absolute atomic E-state index is 13.9. The summed E-state index contributed by atoms with van der Waals surface area (Å²) in [6.45, 7) is 0. The Morgan fingerprint density at radius 1 is 1.07 bits per heavy atom. The maximum atomic E-state index is 13.9. The van der Waals surface area contributed by atoms with Crippen LogP contribution in [-0.4, -0.2) is 21.1 Å². The molecule has 1 atom stereocenters. The van der Waals surface area contributed by atoms with Crippen LogP contribution >= 0.6 is 0 Å². The van der Waals surface area contributed by atoms with Crippen molar-refractivity contribution in [2.24, 2.45) is 5.73 Å². The standard InChI is InChI=1S/C20H13F2N5O/c21-10-5-9(6-11(22)7-10)17-13-8-24-20-16(13)15(18(19(23)28)26-27-20)12-3-1-2-4-14(12)25-17/h1-8,17,25H,(H2,23,28)(H,24,27). The highest BCUT2D eigenvalue weighted by Crippen LogP contribution is 2.44. The van der Waals surface area contributed by atoms with Crippen molar-refractivity contribution in [2.75, 3.05) is 5.32 Å². The van der Waals surface area contributed by atoms with Crippen molar-refractivity contribution >= 4 is 22.6 Å². The number of H-pyrrole nitrogens is 1. The van der Waals surface area contributed by atoms with Gasteiger partial charge in [0.15, 0.2) is 11.3 Å². The molecule has 0 saturated carbocycles. The van der Waals surface area contributed by atoms with Gasteiger partial charge < -0.3 is 16.0 Å². The van der Waals surface area contributed by atoms with Gasteiger partial charge in [0.25, 0.3) is 5.91 Å². The van der Waals surface area contributed by atoms with Gasteiger partial charge in [0.2, 0.25) is 0 Å². The minimum Gasteiger partial charge on any atom is -0.374 e. The van der Waals surface area contributed by atoms with E-state index in [1.165, 1.54) is 12.1 Å². The third-order valence-electron chi connectivity index (χ3n) is 4.89. The molecule has 0 spiro atoms. The number of carbonyl (C=O) groups is 1. The van der Waals surface area contributed by atoms with E-state index in [0.29, 0.717) is 39.0 Å². The van der Waals surface area contributed by atoms with E-state index in [9.17, 15) is 13.6 Å². The fourth-order valence-electron chi connectivity index (χ4n) is 3.76. The van der Waals surface area contributed by atoms with Crippen molar-refractivity contribution in [1.82, 2.24) is 15.2 Å². The van der Waals surface area contributed by atoms with Crippen molar-refractivity contribution in [3.8, 4) is 11.1 Å². The van der Waals surface area contributed by atoms with E-state index in [2.05, 4.69) is 20.5 Å². The Morgan fingerprint density at radius 2 is 1.82 bits per heavy atom. The van der Waals surface area contributed by atoms with Crippen LogP contribution in [0.5, 0.6) is 0 Å². The number of carbonyl (C=O) groups excluding carboxylic acids is 1. The Balaban J connectivity index is 1.89. The highest BCUT2D eigenvalue weighted by atomic mass is 19.1. The minimum absolute atomic E-state index is 0.0358. The van der Waals surface area contributed by atoms with Crippen LogP contribution in [0.15, 0.2) is 48.7 Å². The van der Waals surface area contributed by atoms with Crippen molar-refractivity contribution in [2.45, 2.75) is 6.04 Å². The highest BCUT2D eigenvalue weighted by Gasteiger charge is 2.30. The summed E-state index contributed by atoms with van der Waals surface area (Å²) in [5, 5.41) is 12.0. The second-order valence-corrected chi connectivity index (χ2v) is 6.58. The van der Waals surface area contributed by atoms with Crippen LogP contribution in [0.1, 0.15) is 27.7 Å². The van der Waals surface area contributed by atoms with Gasteiger partial charge in [-0.1, -0.05) is 18.2 Å². The Kier molecular flexibility index (Phi) is 3.42. The molecule has 5 rings (SSSR count). The summed E-state index contributed by atoms with van der Waals surface area (Å²) >= 11 is 0. The monoisotopic (exact) mass is 377 g/mol. The first-order valence-corrected chi connectivity index (χ1v) is 8.52. The quantitative estimate of drug-likeness (QED) is 0.498. The van der Waals surface area contributed by atoms with E-state index in [1.54, 1.807) is 6.20 Å². The topological polar surface area (TPSA) is 96.7 Å². The molecule has 1 unspecified atom stereocenters. The predicted molar refractivity (Wildman–Crippen MR) is 99.7 cm³/mol. The molecular weight excluding hydrogens is 364 g/mol. The van der Waals surface area contributed by atoms with Crippen LogP contribution in [0.2, 0.25) is 0 Å². The largest absolute Gasteiger partial charge is 0.374 e. The summed E-state index contributed by atoms with van der Waals surface area (Å²) in [7, 11) is 0. The van der Waals surface area contributed by atoms with Gasteiger partial charge in [0, 0.05) is 40.0 Å². The van der Waals surface area contributed by atoms with Crippen molar-refractivity contribution in [3.63, 3.8) is 0 Å². The molecule has 8 heteroatoms. The molecular formula is C20H13F2N5O. The zero-order chi connectivity index (χ0) is 19.4. The number of para-hydroxylation sites is 1. The fraction of sp³-hybridized carbons (Fsp3) is 0.0500. The number of benzene rings is 2. The van der Waals surface area contributed by atoms with Gasteiger partial charge >= 0.3 is 0 Å².